The maximum absolute atomic E-state index is 14.6. The second-order valence-corrected chi connectivity index (χ2v) is 19.2. The highest BCUT2D eigenvalue weighted by atomic mass is 32.1. The summed E-state index contributed by atoms with van der Waals surface area (Å²) in [5, 5.41) is 21.6. The molecular weight excluding hydrogens is 1050 g/mol. The second-order valence-electron chi connectivity index (χ2n) is 18.5. The van der Waals surface area contributed by atoms with Crippen LogP contribution in [0.4, 0.5) is 4.79 Å². The van der Waals surface area contributed by atoms with Crippen LogP contribution in [0.5, 0.6) is 0 Å². The smallest absolute Gasteiger partial charge is 0.325 e. The first-order chi connectivity index (χ1) is 37.3. The Hall–Kier alpha value is -8.14. The number of nitrogens with two attached hydrogens (primary N) is 3. The predicted molar refractivity (Wildman–Crippen MR) is 294 cm³/mol. The molecule has 420 valence electrons. The van der Waals surface area contributed by atoms with Gasteiger partial charge in [-0.15, -0.1) is 0 Å². The number of primary amides is 1. The van der Waals surface area contributed by atoms with Crippen LogP contribution in [0.1, 0.15) is 62.8 Å². The van der Waals surface area contributed by atoms with Crippen LogP contribution in [-0.4, -0.2) is 158 Å². The molecule has 0 aliphatic carbocycles. The molecule has 4 aromatic rings. The number of benzene rings is 2. The highest BCUT2D eigenvalue weighted by Crippen LogP contribution is 2.20. The van der Waals surface area contributed by atoms with E-state index in [1.165, 1.54) is 19.4 Å². The summed E-state index contributed by atoms with van der Waals surface area (Å²) < 4.78 is 0. The minimum Gasteiger partial charge on any atom is -0.370 e. The molecule has 0 unspecified atom stereocenters. The molecule has 28 heteroatoms. The van der Waals surface area contributed by atoms with Gasteiger partial charge in [0.2, 0.25) is 47.3 Å². The lowest BCUT2D eigenvalue weighted by Crippen LogP contribution is -2.60. The molecule has 8 atom stereocenters. The van der Waals surface area contributed by atoms with Gasteiger partial charge in [0.1, 0.15) is 54.9 Å². The normalized spacial score (nSPS) is 15.7. The van der Waals surface area contributed by atoms with Crippen molar-refractivity contribution < 1.29 is 47.9 Å². The van der Waals surface area contributed by atoms with Crippen molar-refractivity contribution in [3.8, 4) is 0 Å². The van der Waals surface area contributed by atoms with Crippen molar-refractivity contribution in [1.82, 2.24) is 62.4 Å². The number of para-hydroxylation sites is 1. The van der Waals surface area contributed by atoms with E-state index in [0.717, 1.165) is 22.2 Å². The van der Waals surface area contributed by atoms with Crippen molar-refractivity contribution in [3.05, 3.63) is 90.1 Å². The number of hydrogen-bond acceptors (Lipinski definition) is 14. The number of thiol groups is 2. The summed E-state index contributed by atoms with van der Waals surface area (Å²) in [7, 11) is 0. The highest BCUT2D eigenvalue weighted by Gasteiger charge is 2.39. The molecular formula is C50H68N16O10S2. The SMILES string of the molecule is CCCC[C@@H]1NC(=O)N(CC(=O)N[C@H](CS)C(=O)N[C@@H](C)C(=O)N[C@H](Cc2cnc[nH]2)C(=O)N[C@@H](Cc2ccccc2)C(=O)N[C@H](CCCN=C(N)N)C(=O)N[C@H](Cc2c[nH]c3ccccc23)C(=O)N[C@H](CS)C(N)=O)C1=O. The first kappa shape index (κ1) is 60.7. The molecule has 5 rings (SSSR count). The van der Waals surface area contributed by atoms with Crippen LogP contribution in [0.25, 0.3) is 10.9 Å². The number of aromatic nitrogens is 3. The zero-order valence-electron chi connectivity index (χ0n) is 43.1. The van der Waals surface area contributed by atoms with E-state index >= 15 is 0 Å². The molecule has 0 spiro atoms. The molecule has 26 nitrogen and oxygen atoms in total. The maximum Gasteiger partial charge on any atom is 0.325 e. The summed E-state index contributed by atoms with van der Waals surface area (Å²) in [4.78, 5) is 150. The number of imidazole rings is 1. The minimum absolute atomic E-state index is 0.0477. The summed E-state index contributed by atoms with van der Waals surface area (Å²) in [6, 6.07) is 5.03. The van der Waals surface area contributed by atoms with Crippen molar-refractivity contribution >= 4 is 101 Å². The lowest BCUT2D eigenvalue weighted by Gasteiger charge is -2.27. The molecule has 11 amide bonds. The fraction of sp³-hybridized carbons (Fsp3) is 0.440. The van der Waals surface area contributed by atoms with Crippen LogP contribution < -0.4 is 59.7 Å². The fourth-order valence-corrected chi connectivity index (χ4v) is 8.80. The average molecular weight is 1120 g/mol. The third-order valence-electron chi connectivity index (χ3n) is 12.5. The summed E-state index contributed by atoms with van der Waals surface area (Å²) in [5.74, 6) is -7.83. The van der Waals surface area contributed by atoms with Gasteiger partial charge >= 0.3 is 6.03 Å². The number of carbonyl (C=O) groups excluding carboxylic acids is 10. The average Bonchev–Trinajstić information content (AvgIpc) is 4.17. The number of H-pyrrole nitrogens is 2. The maximum atomic E-state index is 14.6. The summed E-state index contributed by atoms with van der Waals surface area (Å²) >= 11 is 8.33. The molecule has 0 bridgehead atoms. The van der Waals surface area contributed by atoms with Crippen LogP contribution in [0.15, 0.2) is 78.3 Å². The van der Waals surface area contributed by atoms with E-state index in [1.807, 2.05) is 25.1 Å². The third kappa shape index (κ3) is 18.0. The topological polar surface area (TPSA) is 405 Å². The molecule has 1 saturated heterocycles. The van der Waals surface area contributed by atoms with Gasteiger partial charge in [-0.25, -0.2) is 9.78 Å². The third-order valence-corrected chi connectivity index (χ3v) is 13.3. The Morgan fingerprint density at radius 1 is 0.692 bits per heavy atom. The first-order valence-electron chi connectivity index (χ1n) is 25.2. The van der Waals surface area contributed by atoms with E-state index < -0.39 is 114 Å². The Morgan fingerprint density at radius 3 is 1.91 bits per heavy atom. The van der Waals surface area contributed by atoms with Crippen LogP contribution in [0.3, 0.4) is 0 Å². The zero-order valence-corrected chi connectivity index (χ0v) is 44.9. The number of hydrogen-bond donors (Lipinski definition) is 15. The van der Waals surface area contributed by atoms with E-state index in [9.17, 15) is 47.9 Å². The monoisotopic (exact) mass is 1120 g/mol. The number of aliphatic imine (C=N–C) groups is 1. The molecule has 1 aliphatic rings. The van der Waals surface area contributed by atoms with Crippen LogP contribution in [0.2, 0.25) is 0 Å². The van der Waals surface area contributed by atoms with Gasteiger partial charge in [0, 0.05) is 66.3 Å². The van der Waals surface area contributed by atoms with Gasteiger partial charge in [-0.3, -0.25) is 53.0 Å². The molecule has 1 fully saturated rings. The van der Waals surface area contributed by atoms with Crippen molar-refractivity contribution in [2.45, 2.75) is 114 Å². The van der Waals surface area contributed by atoms with Crippen LogP contribution >= 0.6 is 25.3 Å². The van der Waals surface area contributed by atoms with Crippen LogP contribution in [0, 0.1) is 0 Å². The molecule has 0 radical (unpaired) electrons. The molecule has 16 N–H and O–H groups in total. The van der Waals surface area contributed by atoms with Crippen molar-refractivity contribution in [2.24, 2.45) is 22.2 Å². The summed E-state index contributed by atoms with van der Waals surface area (Å²) in [5.41, 5.74) is 19.0. The molecule has 2 aromatic heterocycles. The van der Waals surface area contributed by atoms with E-state index in [2.05, 4.69) is 87.7 Å². The molecule has 2 aromatic carbocycles. The van der Waals surface area contributed by atoms with E-state index in [1.54, 1.807) is 42.6 Å². The Morgan fingerprint density at radius 2 is 1.28 bits per heavy atom. The highest BCUT2D eigenvalue weighted by molar-refractivity contribution is 7.80. The van der Waals surface area contributed by atoms with Gasteiger partial charge in [-0.05, 0) is 43.4 Å². The number of unbranched alkanes of at least 4 members (excludes halogenated alkanes) is 1. The number of fused-ring (bicyclic) bond motifs is 1. The van der Waals surface area contributed by atoms with Crippen molar-refractivity contribution in [1.29, 1.82) is 0 Å². The molecule has 1 aliphatic heterocycles. The fourth-order valence-electron chi connectivity index (χ4n) is 8.27. The Bertz CT molecular complexity index is 2780. The Balaban J connectivity index is 1.34. The van der Waals surface area contributed by atoms with Gasteiger partial charge in [0.25, 0.3) is 5.91 Å². The zero-order chi connectivity index (χ0) is 56.9. The first-order valence-corrected chi connectivity index (χ1v) is 26.4. The van der Waals surface area contributed by atoms with E-state index in [0.29, 0.717) is 29.7 Å². The number of guanidine groups is 1. The largest absolute Gasteiger partial charge is 0.370 e. The van der Waals surface area contributed by atoms with Gasteiger partial charge in [-0.1, -0.05) is 68.3 Å². The lowest BCUT2D eigenvalue weighted by atomic mass is 10.0. The molecule has 0 saturated carbocycles. The number of carbonyl (C=O) groups is 10. The number of urea groups is 1. The van der Waals surface area contributed by atoms with E-state index in [-0.39, 0.29) is 56.1 Å². The lowest BCUT2D eigenvalue weighted by molar-refractivity contribution is -0.135. The Kier molecular flexibility index (Phi) is 23.3. The number of nitrogens with zero attached hydrogens (tertiary/aromatic N) is 3. The quantitative estimate of drug-likeness (QED) is 0.00841. The number of amides is 11. The van der Waals surface area contributed by atoms with Gasteiger partial charge in [0.15, 0.2) is 5.96 Å². The number of aromatic amines is 2. The van der Waals surface area contributed by atoms with Crippen molar-refractivity contribution in [3.63, 3.8) is 0 Å². The Labute approximate surface area is 460 Å². The molecule has 3 heterocycles. The predicted octanol–water partition coefficient (Wildman–Crippen LogP) is -2.16. The summed E-state index contributed by atoms with van der Waals surface area (Å²) in [6.07, 6.45) is 6.04. The number of nitrogens with one attached hydrogen (secondary N) is 10. The summed E-state index contributed by atoms with van der Waals surface area (Å²) in [6.45, 7) is 2.64. The number of rotatable bonds is 31. The molecule has 78 heavy (non-hydrogen) atoms. The van der Waals surface area contributed by atoms with Gasteiger partial charge in [0.05, 0.1) is 6.33 Å². The van der Waals surface area contributed by atoms with Gasteiger partial charge in [-0.2, -0.15) is 25.3 Å². The van der Waals surface area contributed by atoms with Crippen molar-refractivity contribution in [2.75, 3.05) is 24.6 Å². The number of imide groups is 1. The van der Waals surface area contributed by atoms with E-state index in [4.69, 9.17) is 17.2 Å². The second kappa shape index (κ2) is 30.0. The minimum atomic E-state index is -1.42. The standard InChI is InChI=1S/C50H68N16O10S2/c1-3-4-14-34-48(75)66(50(76)65-34)23-40(67)59-39(25-78)47(74)58-27(2)42(69)61-37(20-30-22-54-26-57-30)46(73)62-35(18-28-11-6-5-7-12-28)44(71)60-33(16-10-17-55-49(52)53)43(70)63-36(45(72)64-38(24-77)41(51)68)19-29-21-56-32-15-9-8-13-31(29)32/h5-9,11-13,15,21-22,26-27,33-39,56,77-78H,3-4,10,14,16-20,23-25H2,1-2H3,(H2,51,68)(H,54,57)(H,58,74)(H,59,67)(H,60,71)(H,61,69)(H,62,73)(H,63,70)(H,64,72)(H,65,76)(H4,52,53,55)/t27-,33+,34-,35-,36+,37+,38+,39+/m0/s1. The van der Waals surface area contributed by atoms with Gasteiger partial charge < -0.3 is 69.7 Å². The van der Waals surface area contributed by atoms with Crippen LogP contribution in [-0.2, 0) is 62.4 Å².